The maximum Gasteiger partial charge on any atom is 0.251 e. The third-order valence-electron chi connectivity index (χ3n) is 5.15. The number of nitrogens with zero attached hydrogens (tertiary/aromatic N) is 2. The first kappa shape index (κ1) is 23.8. The van der Waals surface area contributed by atoms with Crippen LogP contribution in [0.5, 0.6) is 0 Å². The Morgan fingerprint density at radius 2 is 1.82 bits per heavy atom. The molecule has 0 saturated carbocycles. The summed E-state index contributed by atoms with van der Waals surface area (Å²) in [6, 6.07) is 8.54. The molecule has 0 saturated heterocycles. The molecule has 3 N–H and O–H groups in total. The molecule has 3 aromatic rings. The van der Waals surface area contributed by atoms with Crippen LogP contribution in [-0.4, -0.2) is 43.8 Å². The van der Waals surface area contributed by atoms with E-state index in [1.54, 1.807) is 25.1 Å². The molecule has 3 rings (SSSR count). The van der Waals surface area contributed by atoms with E-state index < -0.39 is 17.4 Å². The van der Waals surface area contributed by atoms with E-state index >= 15 is 0 Å². The Balaban J connectivity index is 1.97. The number of nitrogens with one attached hydrogen (secondary N) is 1. The van der Waals surface area contributed by atoms with Crippen molar-refractivity contribution in [1.29, 1.82) is 0 Å². The number of likely N-dealkylation sites (N-methyl/N-ethyl adjacent to an activating group) is 1. The first-order valence-electron chi connectivity index (χ1n) is 10.2. The Morgan fingerprint density at radius 1 is 1.09 bits per heavy atom. The number of nitrogens with two attached hydrogens (primary N) is 1. The van der Waals surface area contributed by atoms with Crippen molar-refractivity contribution in [3.05, 3.63) is 87.8 Å². The highest BCUT2D eigenvalue weighted by molar-refractivity contribution is 6.13. The number of ketones is 1. The van der Waals surface area contributed by atoms with Crippen LogP contribution in [0.1, 0.15) is 31.8 Å². The lowest BCUT2D eigenvalue weighted by atomic mass is 9.96. The largest absolute Gasteiger partial charge is 0.618 e. The number of hydrogen-bond donors (Lipinski definition) is 2. The normalized spacial score (nSPS) is 11.0. The third-order valence-corrected chi connectivity index (χ3v) is 5.15. The molecule has 0 aliphatic rings. The number of carbonyl (C=O) groups is 2. The van der Waals surface area contributed by atoms with Crippen LogP contribution in [0.2, 0.25) is 0 Å². The number of hydrogen-bond acceptors (Lipinski definition) is 5. The summed E-state index contributed by atoms with van der Waals surface area (Å²) in [5.74, 6) is -2.88. The van der Waals surface area contributed by atoms with Gasteiger partial charge in [0.05, 0.1) is 16.7 Å². The van der Waals surface area contributed by atoms with Gasteiger partial charge in [-0.05, 0) is 56.9 Å². The topological polar surface area (TPSA) is 102 Å². The summed E-state index contributed by atoms with van der Waals surface area (Å²) in [5, 5.41) is 15.4. The summed E-state index contributed by atoms with van der Waals surface area (Å²) in [4.78, 5) is 27.2. The van der Waals surface area contributed by atoms with Crippen molar-refractivity contribution in [2.45, 2.75) is 6.92 Å². The Bertz CT molecular complexity index is 1230. The predicted molar refractivity (Wildman–Crippen MR) is 121 cm³/mol. The summed E-state index contributed by atoms with van der Waals surface area (Å²) >= 11 is 0. The van der Waals surface area contributed by atoms with Crippen molar-refractivity contribution in [2.24, 2.45) is 0 Å². The average Bonchev–Trinajstić information content (AvgIpc) is 2.74. The summed E-state index contributed by atoms with van der Waals surface area (Å²) in [6.07, 6.45) is 1.10. The molecule has 1 aromatic heterocycles. The highest BCUT2D eigenvalue weighted by atomic mass is 19.1. The first-order valence-corrected chi connectivity index (χ1v) is 10.2. The molecule has 0 bridgehead atoms. The molecule has 0 atom stereocenters. The molecule has 0 aliphatic heterocycles. The van der Waals surface area contributed by atoms with Crippen LogP contribution >= 0.6 is 0 Å². The van der Waals surface area contributed by atoms with Crippen molar-refractivity contribution in [3.8, 4) is 11.3 Å². The number of aryl methyl sites for hydroxylation is 1. The summed E-state index contributed by atoms with van der Waals surface area (Å²) < 4.78 is 27.9. The minimum atomic E-state index is -1.03. The molecule has 2 aromatic carbocycles. The molecule has 0 radical (unpaired) electrons. The van der Waals surface area contributed by atoms with Crippen LogP contribution in [0.15, 0.2) is 48.7 Å². The monoisotopic (exact) mass is 454 g/mol. The maximum atomic E-state index is 14.1. The van der Waals surface area contributed by atoms with E-state index in [9.17, 15) is 23.6 Å². The lowest BCUT2D eigenvalue weighted by molar-refractivity contribution is -0.593. The Hall–Kier alpha value is -3.85. The van der Waals surface area contributed by atoms with Gasteiger partial charge >= 0.3 is 0 Å². The fourth-order valence-electron chi connectivity index (χ4n) is 3.40. The molecule has 1 amide bonds. The second-order valence-corrected chi connectivity index (χ2v) is 7.86. The second kappa shape index (κ2) is 9.74. The van der Waals surface area contributed by atoms with E-state index in [0.717, 1.165) is 18.3 Å². The number of anilines is 1. The fraction of sp³-hybridized carbons (Fsp3) is 0.208. The molecule has 1 heterocycles. The molecule has 33 heavy (non-hydrogen) atoms. The van der Waals surface area contributed by atoms with E-state index in [4.69, 9.17) is 5.73 Å². The number of rotatable bonds is 7. The Kier molecular flexibility index (Phi) is 7.03. The van der Waals surface area contributed by atoms with E-state index in [2.05, 4.69) is 5.32 Å². The van der Waals surface area contributed by atoms with Gasteiger partial charge in [-0.15, -0.1) is 0 Å². The Labute approximate surface area is 190 Å². The molecule has 172 valence electrons. The highest BCUT2D eigenvalue weighted by Crippen LogP contribution is 2.30. The smallest absolute Gasteiger partial charge is 0.251 e. The summed E-state index contributed by atoms with van der Waals surface area (Å²) in [5.41, 5.74) is 6.99. The van der Waals surface area contributed by atoms with Gasteiger partial charge in [0.2, 0.25) is 5.69 Å². The van der Waals surface area contributed by atoms with Crippen LogP contribution in [-0.2, 0) is 0 Å². The minimum absolute atomic E-state index is 0.000404. The quantitative estimate of drug-likeness (QED) is 0.325. The van der Waals surface area contributed by atoms with E-state index in [1.807, 2.05) is 19.0 Å². The number of amides is 1. The molecular formula is C24H24F2N4O3. The fourth-order valence-corrected chi connectivity index (χ4v) is 3.40. The number of aromatic nitrogens is 1. The molecule has 0 unspecified atom stereocenters. The van der Waals surface area contributed by atoms with Gasteiger partial charge in [-0.1, -0.05) is 0 Å². The van der Waals surface area contributed by atoms with Crippen molar-refractivity contribution in [3.63, 3.8) is 0 Å². The predicted octanol–water partition coefficient (Wildman–Crippen LogP) is 2.68. The van der Waals surface area contributed by atoms with Crippen molar-refractivity contribution >= 4 is 17.4 Å². The molecule has 0 spiro atoms. The number of pyridine rings is 1. The summed E-state index contributed by atoms with van der Waals surface area (Å²) in [7, 11) is 3.80. The van der Waals surface area contributed by atoms with Gasteiger partial charge in [0.1, 0.15) is 17.3 Å². The molecule has 7 nitrogen and oxygen atoms in total. The first-order chi connectivity index (χ1) is 15.6. The zero-order valence-electron chi connectivity index (χ0n) is 18.5. The molecule has 0 aliphatic carbocycles. The van der Waals surface area contributed by atoms with Gasteiger partial charge < -0.3 is 21.2 Å². The number of halogens is 2. The zero-order chi connectivity index (χ0) is 24.3. The number of benzene rings is 2. The number of carbonyl (C=O) groups excluding carboxylic acids is 2. The minimum Gasteiger partial charge on any atom is -0.618 e. The zero-order valence-corrected chi connectivity index (χ0v) is 18.5. The lowest BCUT2D eigenvalue weighted by Gasteiger charge is -2.14. The standard InChI is InChI=1S/C24H24F2N4O3/c1-14-12-15(24(32)28-9-11-29(2)3)4-6-17(14)22-21(27)19(8-10-30(22)33)23(31)18-7-5-16(25)13-20(18)26/h4-8,10,12-13H,9,11,27H2,1-3H3,(H,28,32). The van der Waals surface area contributed by atoms with Crippen molar-refractivity contribution in [1.82, 2.24) is 10.2 Å². The van der Waals surface area contributed by atoms with Crippen LogP contribution in [0.25, 0.3) is 11.3 Å². The third kappa shape index (κ3) is 5.15. The lowest BCUT2D eigenvalue weighted by Crippen LogP contribution is -2.32. The van der Waals surface area contributed by atoms with Crippen molar-refractivity contribution in [2.75, 3.05) is 32.9 Å². The highest BCUT2D eigenvalue weighted by Gasteiger charge is 2.25. The SMILES string of the molecule is Cc1cc(C(=O)NCCN(C)C)ccc1-c1c(N)c(C(=O)c2ccc(F)cc2F)cc[n+]1[O-]. The van der Waals surface area contributed by atoms with Gasteiger partial charge in [0.15, 0.2) is 12.0 Å². The maximum absolute atomic E-state index is 14.1. The molecule has 9 heteroatoms. The van der Waals surface area contributed by atoms with Gasteiger partial charge in [0.25, 0.3) is 5.91 Å². The van der Waals surface area contributed by atoms with Crippen LogP contribution in [0.4, 0.5) is 14.5 Å². The van der Waals surface area contributed by atoms with Gasteiger partial charge in [0, 0.05) is 30.8 Å². The van der Waals surface area contributed by atoms with Crippen molar-refractivity contribution < 1.29 is 23.1 Å². The van der Waals surface area contributed by atoms with E-state index in [1.165, 1.54) is 6.07 Å². The average molecular weight is 454 g/mol. The second-order valence-electron chi connectivity index (χ2n) is 7.86. The van der Waals surface area contributed by atoms with E-state index in [0.29, 0.717) is 40.6 Å². The number of nitrogen functional groups attached to an aromatic ring is 1. The molecular weight excluding hydrogens is 430 g/mol. The van der Waals surface area contributed by atoms with Gasteiger partial charge in [-0.2, -0.15) is 4.73 Å². The van der Waals surface area contributed by atoms with Crippen LogP contribution in [0.3, 0.4) is 0 Å². The summed E-state index contributed by atoms with van der Waals surface area (Å²) in [6.45, 7) is 2.87. The van der Waals surface area contributed by atoms with Crippen LogP contribution in [0, 0.1) is 23.8 Å². The van der Waals surface area contributed by atoms with Gasteiger partial charge in [-0.25, -0.2) is 8.78 Å². The van der Waals surface area contributed by atoms with E-state index in [-0.39, 0.29) is 28.4 Å². The Morgan fingerprint density at radius 3 is 2.45 bits per heavy atom. The molecule has 0 fully saturated rings. The van der Waals surface area contributed by atoms with Crippen LogP contribution < -0.4 is 15.8 Å². The van der Waals surface area contributed by atoms with Gasteiger partial charge in [-0.3, -0.25) is 9.59 Å².